The zero-order chi connectivity index (χ0) is 33.2. The van der Waals surface area contributed by atoms with Crippen molar-refractivity contribution < 1.29 is 19.2 Å². The SMILES string of the molecule is CCCC1=C(C(=O)OCC)[C@H](c2cc(Cl)ccc2OC)n2c(s/c(=C/c3cn(Cc4ccc([N+](=O)[O-])cc4)c4ccccc34)c2=O)=N1. The van der Waals surface area contributed by atoms with Gasteiger partial charge in [-0.1, -0.05) is 66.6 Å². The second kappa shape index (κ2) is 13.4. The van der Waals surface area contributed by atoms with Crippen LogP contribution in [0.15, 0.2) is 94.0 Å². The summed E-state index contributed by atoms with van der Waals surface area (Å²) in [4.78, 5) is 43.9. The number of methoxy groups -OCH3 is 1. The number of nitro groups is 1. The zero-order valence-electron chi connectivity index (χ0n) is 25.9. The molecule has 0 unspecified atom stereocenters. The Morgan fingerprint density at radius 3 is 2.60 bits per heavy atom. The maximum absolute atomic E-state index is 14.4. The summed E-state index contributed by atoms with van der Waals surface area (Å²) < 4.78 is 15.2. The topological polar surface area (TPSA) is 118 Å². The molecule has 0 amide bonds. The van der Waals surface area contributed by atoms with Crippen molar-refractivity contribution in [3.63, 3.8) is 0 Å². The highest BCUT2D eigenvalue weighted by Gasteiger charge is 2.36. The molecule has 1 aliphatic rings. The second-order valence-electron chi connectivity index (χ2n) is 11.0. The van der Waals surface area contributed by atoms with Gasteiger partial charge in [-0.2, -0.15) is 0 Å². The van der Waals surface area contributed by atoms with Crippen molar-refractivity contribution in [2.75, 3.05) is 13.7 Å². The molecule has 0 saturated heterocycles. The number of hydrogen-bond acceptors (Lipinski definition) is 8. The summed E-state index contributed by atoms with van der Waals surface area (Å²) in [5, 5.41) is 12.5. The number of carbonyl (C=O) groups excluding carboxylic acids is 1. The van der Waals surface area contributed by atoms with Gasteiger partial charge in [0, 0.05) is 51.9 Å². The number of halogens is 1. The van der Waals surface area contributed by atoms with Crippen LogP contribution in [0.3, 0.4) is 0 Å². The van der Waals surface area contributed by atoms with E-state index < -0.39 is 16.9 Å². The van der Waals surface area contributed by atoms with Gasteiger partial charge < -0.3 is 14.0 Å². The third-order valence-electron chi connectivity index (χ3n) is 7.98. The van der Waals surface area contributed by atoms with Crippen molar-refractivity contribution in [3.8, 4) is 5.75 Å². The van der Waals surface area contributed by atoms with E-state index in [1.165, 1.54) is 35.1 Å². The lowest BCUT2D eigenvalue weighted by molar-refractivity contribution is -0.384. The van der Waals surface area contributed by atoms with E-state index in [1.807, 2.05) is 43.5 Å². The molecule has 5 aromatic rings. The van der Waals surface area contributed by atoms with E-state index in [0.29, 0.717) is 44.3 Å². The van der Waals surface area contributed by atoms with Crippen LogP contribution in [0.2, 0.25) is 5.02 Å². The van der Waals surface area contributed by atoms with Crippen LogP contribution in [0.5, 0.6) is 5.75 Å². The summed E-state index contributed by atoms with van der Waals surface area (Å²) in [6.07, 6.45) is 5.05. The predicted molar refractivity (Wildman–Crippen MR) is 182 cm³/mol. The molecular weight excluding hydrogens is 640 g/mol. The van der Waals surface area contributed by atoms with Crippen LogP contribution in [0.4, 0.5) is 5.69 Å². The van der Waals surface area contributed by atoms with E-state index in [1.54, 1.807) is 37.3 Å². The molecule has 1 atom stereocenters. The largest absolute Gasteiger partial charge is 0.496 e. The first-order valence-electron chi connectivity index (χ1n) is 15.1. The summed E-state index contributed by atoms with van der Waals surface area (Å²) >= 11 is 7.71. The first-order valence-corrected chi connectivity index (χ1v) is 16.3. The van der Waals surface area contributed by atoms with Gasteiger partial charge in [-0.3, -0.25) is 19.5 Å². The molecule has 12 heteroatoms. The number of rotatable bonds is 10. The van der Waals surface area contributed by atoms with Gasteiger partial charge in [0.05, 0.1) is 34.4 Å². The van der Waals surface area contributed by atoms with Gasteiger partial charge in [0.25, 0.3) is 11.2 Å². The fraction of sp³-hybridized carbons (Fsp3) is 0.229. The van der Waals surface area contributed by atoms with Crippen LogP contribution in [0.1, 0.15) is 49.4 Å². The number of nitrogens with zero attached hydrogens (tertiary/aromatic N) is 4. The molecule has 0 N–H and O–H groups in total. The molecule has 0 aliphatic carbocycles. The Morgan fingerprint density at radius 2 is 1.89 bits per heavy atom. The van der Waals surface area contributed by atoms with Gasteiger partial charge in [-0.15, -0.1) is 0 Å². The Balaban J connectivity index is 1.54. The predicted octanol–water partition coefficient (Wildman–Crippen LogP) is 6.15. The highest BCUT2D eigenvalue weighted by Crippen LogP contribution is 2.38. The maximum Gasteiger partial charge on any atom is 0.338 e. The van der Waals surface area contributed by atoms with Gasteiger partial charge in [0.2, 0.25) is 0 Å². The molecular formula is C35H31ClN4O6S. The summed E-state index contributed by atoms with van der Waals surface area (Å²) in [5.74, 6) is -0.0711. The maximum atomic E-state index is 14.4. The molecule has 0 bridgehead atoms. The minimum atomic E-state index is -0.869. The third-order valence-corrected chi connectivity index (χ3v) is 9.20. The summed E-state index contributed by atoms with van der Waals surface area (Å²) in [5.41, 5.74) is 3.78. The van der Waals surface area contributed by atoms with Crippen molar-refractivity contribution in [1.82, 2.24) is 9.13 Å². The molecule has 240 valence electrons. The first kappa shape index (κ1) is 32.0. The van der Waals surface area contributed by atoms with E-state index in [2.05, 4.69) is 4.57 Å². The number of thiazole rings is 1. The number of hydrogen-bond donors (Lipinski definition) is 0. The van der Waals surface area contributed by atoms with Crippen LogP contribution >= 0.6 is 22.9 Å². The quantitative estimate of drug-likeness (QED) is 0.0999. The number of allylic oxidation sites excluding steroid dienone is 1. The molecule has 0 fully saturated rings. The van der Waals surface area contributed by atoms with E-state index >= 15 is 0 Å². The smallest absolute Gasteiger partial charge is 0.338 e. The minimum Gasteiger partial charge on any atom is -0.496 e. The van der Waals surface area contributed by atoms with E-state index in [0.717, 1.165) is 28.5 Å². The van der Waals surface area contributed by atoms with Crippen molar-refractivity contribution >= 4 is 51.6 Å². The normalized spacial score (nSPS) is 14.6. The number of para-hydroxylation sites is 1. The van der Waals surface area contributed by atoms with Crippen molar-refractivity contribution in [2.45, 2.75) is 39.3 Å². The molecule has 0 saturated carbocycles. The van der Waals surface area contributed by atoms with Crippen molar-refractivity contribution in [2.24, 2.45) is 4.99 Å². The molecule has 1 aliphatic heterocycles. The fourth-order valence-electron chi connectivity index (χ4n) is 5.92. The molecule has 3 heterocycles. The summed E-state index contributed by atoms with van der Waals surface area (Å²) in [6.45, 7) is 4.38. The van der Waals surface area contributed by atoms with Crippen LogP contribution in [-0.2, 0) is 16.1 Å². The van der Waals surface area contributed by atoms with E-state index in [-0.39, 0.29) is 23.4 Å². The molecule has 0 spiro atoms. The Kier molecular flexibility index (Phi) is 9.10. The number of esters is 1. The van der Waals surface area contributed by atoms with Gasteiger partial charge >= 0.3 is 5.97 Å². The first-order chi connectivity index (χ1) is 22.7. The molecule has 0 radical (unpaired) electrons. The highest BCUT2D eigenvalue weighted by atomic mass is 35.5. The number of aromatic nitrogens is 2. The van der Waals surface area contributed by atoms with Crippen molar-refractivity contribution in [1.29, 1.82) is 0 Å². The van der Waals surface area contributed by atoms with Crippen LogP contribution < -0.4 is 19.6 Å². The van der Waals surface area contributed by atoms with Gasteiger partial charge in [0.15, 0.2) is 4.80 Å². The summed E-state index contributed by atoms with van der Waals surface area (Å²) in [6, 6.07) is 18.6. The number of benzene rings is 3. The molecule has 6 rings (SSSR count). The van der Waals surface area contributed by atoms with E-state index in [4.69, 9.17) is 26.1 Å². The van der Waals surface area contributed by atoms with Crippen LogP contribution in [0, 0.1) is 10.1 Å². The average molecular weight is 671 g/mol. The monoisotopic (exact) mass is 670 g/mol. The standard InChI is InChI=1S/C35H31ClN4O6S/c1-4-8-27-31(34(42)46-5-2)32(26-18-23(36)13-16-29(26)45-3)39-33(41)30(47-35(39)37-27)17-22-20-38(28-10-7-6-9-25(22)28)19-21-11-14-24(15-12-21)40(43)44/h6-7,9-18,20,32H,4-5,8,19H2,1-3H3/b30-17+/t32-/m0/s1. The highest BCUT2D eigenvalue weighted by molar-refractivity contribution is 7.07. The lowest BCUT2D eigenvalue weighted by atomic mass is 9.93. The Morgan fingerprint density at radius 1 is 1.13 bits per heavy atom. The van der Waals surface area contributed by atoms with Crippen LogP contribution in [-0.4, -0.2) is 33.7 Å². The lowest BCUT2D eigenvalue weighted by Crippen LogP contribution is -2.40. The van der Waals surface area contributed by atoms with Crippen molar-refractivity contribution in [3.05, 3.63) is 136 Å². The molecule has 10 nitrogen and oxygen atoms in total. The fourth-order valence-corrected chi connectivity index (χ4v) is 7.11. The lowest BCUT2D eigenvalue weighted by Gasteiger charge is -2.27. The van der Waals surface area contributed by atoms with Crippen LogP contribution in [0.25, 0.3) is 17.0 Å². The number of fused-ring (bicyclic) bond motifs is 2. The van der Waals surface area contributed by atoms with E-state index in [9.17, 15) is 19.7 Å². The minimum absolute atomic E-state index is 0.0316. The molecule has 47 heavy (non-hydrogen) atoms. The number of carbonyl (C=O) groups is 1. The Bertz CT molecular complexity index is 2230. The zero-order valence-corrected chi connectivity index (χ0v) is 27.5. The number of non-ortho nitro benzene ring substituents is 1. The Hall–Kier alpha value is -5.00. The summed E-state index contributed by atoms with van der Waals surface area (Å²) in [7, 11) is 1.53. The molecule has 2 aromatic heterocycles. The molecule has 3 aromatic carbocycles. The number of ether oxygens (including phenoxy) is 2. The van der Waals surface area contributed by atoms with Gasteiger partial charge in [-0.05, 0) is 49.2 Å². The second-order valence-corrected chi connectivity index (χ2v) is 12.4. The van der Waals surface area contributed by atoms with Gasteiger partial charge in [0.1, 0.15) is 11.8 Å². The number of nitro benzene ring substituents is 1. The van der Waals surface area contributed by atoms with Gasteiger partial charge in [-0.25, -0.2) is 9.79 Å². The average Bonchev–Trinajstić information content (AvgIpc) is 3.56. The Labute approximate surface area is 278 Å². The third kappa shape index (κ3) is 6.11.